The smallest absolute Gasteiger partial charge is 0.283 e. The van der Waals surface area contributed by atoms with Gasteiger partial charge in [0.15, 0.2) is 0 Å². The Morgan fingerprint density at radius 3 is 2.24 bits per heavy atom. The zero-order chi connectivity index (χ0) is 17.9. The van der Waals surface area contributed by atoms with Crippen LogP contribution in [0.25, 0.3) is 0 Å². The molecule has 0 spiro atoms. The lowest BCUT2D eigenvalue weighted by molar-refractivity contribution is -0.0688. The van der Waals surface area contributed by atoms with Gasteiger partial charge in [-0.15, -0.1) is 0 Å². The van der Waals surface area contributed by atoms with Crippen molar-refractivity contribution in [2.45, 2.75) is 64.8 Å². The first kappa shape index (κ1) is 17.3. The number of nitrogens with zero attached hydrogens (tertiary/aromatic N) is 2. The summed E-state index contributed by atoms with van der Waals surface area (Å²) in [4.78, 5) is 12.8. The van der Waals surface area contributed by atoms with Gasteiger partial charge in [-0.05, 0) is 75.5 Å². The lowest BCUT2D eigenvalue weighted by Crippen LogP contribution is -2.55. The third kappa shape index (κ3) is 2.77. The molecular weight excluding hydrogens is 348 g/mol. The molecule has 1 amide bonds. The second kappa shape index (κ2) is 5.93. The predicted octanol–water partition coefficient (Wildman–Crippen LogP) is 4.47. The van der Waals surface area contributed by atoms with Crippen LogP contribution in [-0.4, -0.2) is 21.2 Å². The quantitative estimate of drug-likeness (QED) is 0.849. The van der Waals surface area contributed by atoms with Crippen molar-refractivity contribution in [3.05, 3.63) is 17.0 Å². The molecule has 7 heteroatoms. The number of halogens is 3. The highest BCUT2D eigenvalue weighted by atomic mass is 35.5. The van der Waals surface area contributed by atoms with Gasteiger partial charge in [0.1, 0.15) is 5.69 Å². The molecule has 4 nitrogen and oxygen atoms in total. The molecule has 4 bridgehead atoms. The summed E-state index contributed by atoms with van der Waals surface area (Å²) < 4.78 is 27.3. The van der Waals surface area contributed by atoms with Crippen LogP contribution in [0.1, 0.15) is 73.6 Å². The number of carbonyl (C=O) groups excluding carboxylic acids is 1. The summed E-state index contributed by atoms with van der Waals surface area (Å²) in [6.07, 6.45) is 4.60. The number of hydrogen-bond donors (Lipinski definition) is 1. The van der Waals surface area contributed by atoms with Gasteiger partial charge in [0.05, 0.1) is 11.3 Å². The van der Waals surface area contributed by atoms with Crippen LogP contribution in [0, 0.1) is 30.1 Å². The number of alkyl halides is 2. The van der Waals surface area contributed by atoms with E-state index in [9.17, 15) is 13.6 Å². The van der Waals surface area contributed by atoms with E-state index in [0.29, 0.717) is 0 Å². The summed E-state index contributed by atoms with van der Waals surface area (Å²) in [5.41, 5.74) is -0.239. The zero-order valence-corrected chi connectivity index (χ0v) is 15.3. The van der Waals surface area contributed by atoms with Gasteiger partial charge >= 0.3 is 0 Å². The van der Waals surface area contributed by atoms with E-state index in [-0.39, 0.29) is 22.7 Å². The van der Waals surface area contributed by atoms with Crippen molar-refractivity contribution in [1.82, 2.24) is 14.6 Å². The van der Waals surface area contributed by atoms with Crippen molar-refractivity contribution >= 4 is 17.7 Å². The van der Waals surface area contributed by atoms with E-state index in [1.807, 2.05) is 6.92 Å². The minimum Gasteiger partial charge on any atom is -0.349 e. The first-order valence-corrected chi connectivity index (χ1v) is 9.47. The average molecular weight is 372 g/mol. The van der Waals surface area contributed by atoms with Gasteiger partial charge in [-0.25, -0.2) is 8.78 Å². The summed E-state index contributed by atoms with van der Waals surface area (Å²) in [6.45, 7) is 3.57. The van der Waals surface area contributed by atoms with Gasteiger partial charge in [0, 0.05) is 17.8 Å². The van der Waals surface area contributed by atoms with Crippen molar-refractivity contribution in [3.8, 4) is 0 Å². The fourth-order valence-corrected chi connectivity index (χ4v) is 6.23. The van der Waals surface area contributed by atoms with Gasteiger partial charge in [-0.2, -0.15) is 9.30 Å². The maximum atomic E-state index is 13.2. The van der Waals surface area contributed by atoms with E-state index in [1.165, 1.54) is 26.2 Å². The van der Waals surface area contributed by atoms with Crippen LogP contribution in [0.4, 0.5) is 8.78 Å². The Balaban J connectivity index is 1.56. The molecular formula is C18H24ClF2N3O. The number of aromatic nitrogens is 2. The van der Waals surface area contributed by atoms with Crippen LogP contribution in [0.15, 0.2) is 0 Å². The Morgan fingerprint density at radius 2 is 1.76 bits per heavy atom. The van der Waals surface area contributed by atoms with Gasteiger partial charge in [0.2, 0.25) is 0 Å². The van der Waals surface area contributed by atoms with E-state index in [2.05, 4.69) is 10.4 Å². The summed E-state index contributed by atoms with van der Waals surface area (Å²) in [5.74, 6) is 1.83. The van der Waals surface area contributed by atoms with Gasteiger partial charge in [0.25, 0.3) is 12.3 Å². The molecule has 5 rings (SSSR count). The van der Waals surface area contributed by atoms with Crippen LogP contribution >= 0.6 is 11.8 Å². The Kier molecular flexibility index (Phi) is 4.09. The second-order valence-electron chi connectivity index (χ2n) is 8.48. The second-order valence-corrected chi connectivity index (χ2v) is 8.80. The molecule has 0 aliphatic heterocycles. The molecule has 4 aliphatic rings. The van der Waals surface area contributed by atoms with Crippen molar-refractivity contribution in [1.29, 1.82) is 0 Å². The van der Waals surface area contributed by atoms with Crippen LogP contribution in [0.3, 0.4) is 0 Å². The Labute approximate surface area is 151 Å². The highest BCUT2D eigenvalue weighted by molar-refractivity contribution is 6.15. The van der Waals surface area contributed by atoms with E-state index >= 15 is 0 Å². The summed E-state index contributed by atoms with van der Waals surface area (Å²) in [7, 11) is 0. The van der Waals surface area contributed by atoms with Crippen LogP contribution in [-0.2, 0) is 0 Å². The molecule has 1 heterocycles. The highest BCUT2D eigenvalue weighted by Crippen LogP contribution is 2.61. The summed E-state index contributed by atoms with van der Waals surface area (Å²) in [6, 6.07) is -0.0306. The maximum Gasteiger partial charge on any atom is 0.283 e. The van der Waals surface area contributed by atoms with Crippen LogP contribution in [0.2, 0.25) is 0 Å². The van der Waals surface area contributed by atoms with Gasteiger partial charge in [-0.3, -0.25) is 4.79 Å². The molecule has 1 aromatic rings. The largest absolute Gasteiger partial charge is 0.349 e. The molecule has 1 atom stereocenters. The van der Waals surface area contributed by atoms with Crippen LogP contribution in [0.5, 0.6) is 0 Å². The van der Waals surface area contributed by atoms with Crippen molar-refractivity contribution in [2.24, 2.45) is 23.2 Å². The summed E-state index contributed by atoms with van der Waals surface area (Å²) >= 11 is 5.81. The number of nitrogens with one attached hydrogen (secondary N) is 1. The molecule has 4 saturated carbocycles. The third-order valence-electron chi connectivity index (χ3n) is 6.88. The lowest BCUT2D eigenvalue weighted by atomic mass is 9.48. The number of carbonyl (C=O) groups is 1. The van der Waals surface area contributed by atoms with Gasteiger partial charge < -0.3 is 5.32 Å². The molecule has 0 saturated heterocycles. The molecule has 4 aliphatic carbocycles. The Morgan fingerprint density at radius 1 is 1.24 bits per heavy atom. The monoisotopic (exact) mass is 371 g/mol. The predicted molar refractivity (Wildman–Crippen MR) is 90.7 cm³/mol. The van der Waals surface area contributed by atoms with E-state index < -0.39 is 18.0 Å². The zero-order valence-electron chi connectivity index (χ0n) is 14.6. The molecule has 1 N–H and O–H groups in total. The summed E-state index contributed by atoms with van der Waals surface area (Å²) in [5, 5.41) is 6.62. The number of rotatable bonds is 4. The fourth-order valence-electron chi connectivity index (χ4n) is 6.06. The van der Waals surface area contributed by atoms with Crippen molar-refractivity contribution < 1.29 is 13.6 Å². The average Bonchev–Trinajstić information content (AvgIpc) is 2.82. The Hall–Kier alpha value is -1.17. The lowest BCUT2D eigenvalue weighted by Gasteiger charge is -2.59. The first-order valence-electron chi connectivity index (χ1n) is 9.14. The van der Waals surface area contributed by atoms with E-state index in [0.717, 1.165) is 41.2 Å². The molecule has 0 radical (unpaired) electrons. The molecule has 1 unspecified atom stereocenters. The fraction of sp³-hybridized carbons (Fsp3) is 0.778. The van der Waals surface area contributed by atoms with Crippen molar-refractivity contribution in [2.75, 3.05) is 0 Å². The van der Waals surface area contributed by atoms with Crippen molar-refractivity contribution in [3.63, 3.8) is 0 Å². The van der Waals surface area contributed by atoms with Gasteiger partial charge in [-0.1, -0.05) is 0 Å². The third-order valence-corrected chi connectivity index (χ3v) is 7.20. The Bertz CT molecular complexity index is 667. The molecule has 25 heavy (non-hydrogen) atoms. The SMILES string of the molecule is Cc1c(C(=O)NC(C)C23CC4CC(CC(C4)C2)C3)c(C(F)F)nn1Cl. The maximum absolute atomic E-state index is 13.2. The topological polar surface area (TPSA) is 46.9 Å². The number of amides is 1. The normalized spacial score (nSPS) is 34.6. The van der Waals surface area contributed by atoms with E-state index in [1.54, 1.807) is 0 Å². The minimum atomic E-state index is -2.82. The first-order chi connectivity index (χ1) is 11.8. The molecule has 4 fully saturated rings. The number of hydrogen-bond acceptors (Lipinski definition) is 2. The van der Waals surface area contributed by atoms with E-state index in [4.69, 9.17) is 11.8 Å². The standard InChI is InChI=1S/C18H24ClF2N3O/c1-9-14(15(16(20)21)23-24(9)19)17(25)22-10(2)18-6-11-3-12(7-18)5-13(4-11)8-18/h10-13,16H,3-8H2,1-2H3,(H,22,25). The molecule has 1 aromatic heterocycles. The highest BCUT2D eigenvalue weighted by Gasteiger charge is 2.53. The molecule has 138 valence electrons. The molecule has 0 aromatic carbocycles. The van der Waals surface area contributed by atoms with Crippen LogP contribution < -0.4 is 5.32 Å². The minimum absolute atomic E-state index is 0.0306.